The zero-order valence-electron chi connectivity index (χ0n) is 12.7. The number of ether oxygens (including phenoxy) is 1. The summed E-state index contributed by atoms with van der Waals surface area (Å²) in [6.45, 7) is 3.59. The van der Waals surface area contributed by atoms with Crippen molar-refractivity contribution in [3.05, 3.63) is 30.0 Å². The van der Waals surface area contributed by atoms with Crippen LogP contribution in [0.3, 0.4) is 0 Å². The highest BCUT2D eigenvalue weighted by atomic mass is 16.5. The number of aromatic nitrogens is 3. The predicted octanol–water partition coefficient (Wildman–Crippen LogP) is 0.899. The molecule has 1 saturated heterocycles. The van der Waals surface area contributed by atoms with Crippen molar-refractivity contribution in [2.24, 2.45) is 0 Å². The number of methoxy groups -OCH3 is 1. The molecule has 2 aromatic rings. The fourth-order valence-electron chi connectivity index (χ4n) is 2.51. The second-order valence-electron chi connectivity index (χ2n) is 5.24. The Morgan fingerprint density at radius 2 is 1.86 bits per heavy atom. The van der Waals surface area contributed by atoms with Crippen molar-refractivity contribution in [2.75, 3.05) is 45.2 Å². The number of hydrogen-bond donors (Lipinski definition) is 0. The Bertz CT molecular complexity index is 696. The van der Waals surface area contributed by atoms with Crippen molar-refractivity contribution in [3.8, 4) is 17.5 Å². The topological polar surface area (TPSA) is 70.2 Å². The summed E-state index contributed by atoms with van der Waals surface area (Å²) in [6, 6.07) is 9.64. The normalized spacial score (nSPS) is 15.6. The summed E-state index contributed by atoms with van der Waals surface area (Å²) in [5, 5.41) is 18.2. The van der Waals surface area contributed by atoms with Crippen molar-refractivity contribution in [1.82, 2.24) is 19.9 Å². The van der Waals surface area contributed by atoms with Gasteiger partial charge in [0.1, 0.15) is 17.5 Å². The van der Waals surface area contributed by atoms with Gasteiger partial charge in [0, 0.05) is 26.2 Å². The van der Waals surface area contributed by atoms with Crippen LogP contribution in [0.1, 0.15) is 5.69 Å². The van der Waals surface area contributed by atoms with E-state index in [1.54, 1.807) is 7.11 Å². The second-order valence-corrected chi connectivity index (χ2v) is 5.24. The number of likely N-dealkylation sites (N-methyl/N-ethyl adjacent to an activating group) is 1. The van der Waals surface area contributed by atoms with E-state index in [9.17, 15) is 5.26 Å². The molecular weight excluding hydrogens is 280 g/mol. The van der Waals surface area contributed by atoms with Gasteiger partial charge in [-0.05, 0) is 19.2 Å². The van der Waals surface area contributed by atoms with Crippen LogP contribution in [0.25, 0.3) is 5.69 Å². The smallest absolute Gasteiger partial charge is 0.207 e. The maximum atomic E-state index is 9.35. The maximum absolute atomic E-state index is 9.35. The molecule has 1 aliphatic heterocycles. The molecular formula is C15H18N6O. The second kappa shape index (κ2) is 6.03. The molecule has 0 amide bonds. The van der Waals surface area contributed by atoms with Gasteiger partial charge in [-0.3, -0.25) is 0 Å². The quantitative estimate of drug-likeness (QED) is 0.838. The first kappa shape index (κ1) is 14.4. The molecule has 7 nitrogen and oxygen atoms in total. The summed E-state index contributed by atoms with van der Waals surface area (Å²) < 4.78 is 5.34. The standard InChI is InChI=1S/C15H18N6O/c1-19-7-9-20(10-8-19)15-12(11-16)17-21(18-15)13-5-3-4-6-14(13)22-2/h3-6H,7-10H2,1-2H3. The number of hydrogen-bond acceptors (Lipinski definition) is 6. The fraction of sp³-hybridized carbons (Fsp3) is 0.400. The minimum absolute atomic E-state index is 0.343. The van der Waals surface area contributed by atoms with E-state index in [4.69, 9.17) is 4.74 Å². The van der Waals surface area contributed by atoms with E-state index < -0.39 is 0 Å². The summed E-state index contributed by atoms with van der Waals surface area (Å²) in [6.07, 6.45) is 0. The van der Waals surface area contributed by atoms with E-state index in [-0.39, 0.29) is 0 Å². The van der Waals surface area contributed by atoms with E-state index in [2.05, 4.69) is 33.1 Å². The van der Waals surface area contributed by atoms with Crippen LogP contribution in [0, 0.1) is 11.3 Å². The first-order valence-corrected chi connectivity index (χ1v) is 7.17. The fourth-order valence-corrected chi connectivity index (χ4v) is 2.51. The summed E-state index contributed by atoms with van der Waals surface area (Å²) in [5.41, 5.74) is 1.07. The highest BCUT2D eigenvalue weighted by Crippen LogP contribution is 2.24. The van der Waals surface area contributed by atoms with Gasteiger partial charge in [0.2, 0.25) is 5.69 Å². The van der Waals surface area contributed by atoms with E-state index in [0.717, 1.165) is 31.9 Å². The lowest BCUT2D eigenvalue weighted by Crippen LogP contribution is -2.45. The third-order valence-electron chi connectivity index (χ3n) is 3.81. The van der Waals surface area contributed by atoms with Crippen LogP contribution in [-0.4, -0.2) is 60.2 Å². The van der Waals surface area contributed by atoms with Crippen LogP contribution in [-0.2, 0) is 0 Å². The average Bonchev–Trinajstić information content (AvgIpc) is 2.99. The van der Waals surface area contributed by atoms with Gasteiger partial charge in [0.05, 0.1) is 7.11 Å². The van der Waals surface area contributed by atoms with Gasteiger partial charge in [-0.15, -0.1) is 15.0 Å². The molecule has 2 heterocycles. The van der Waals surface area contributed by atoms with Crippen LogP contribution < -0.4 is 9.64 Å². The molecule has 0 bridgehead atoms. The van der Waals surface area contributed by atoms with Gasteiger partial charge in [-0.2, -0.15) is 5.26 Å². The zero-order chi connectivity index (χ0) is 15.5. The minimum Gasteiger partial charge on any atom is -0.494 e. The molecule has 0 spiro atoms. The Labute approximate surface area is 129 Å². The van der Waals surface area contributed by atoms with E-state index in [1.807, 2.05) is 24.3 Å². The molecule has 114 valence electrons. The molecule has 7 heteroatoms. The SMILES string of the molecule is COc1ccccc1-n1nc(C#N)c(N2CCN(C)CC2)n1. The van der Waals surface area contributed by atoms with Gasteiger partial charge >= 0.3 is 0 Å². The number of rotatable bonds is 3. The van der Waals surface area contributed by atoms with Gasteiger partial charge in [-0.25, -0.2) is 0 Å². The number of para-hydroxylation sites is 2. The van der Waals surface area contributed by atoms with E-state index in [1.165, 1.54) is 4.80 Å². The van der Waals surface area contributed by atoms with Gasteiger partial charge in [0.15, 0.2) is 5.82 Å². The van der Waals surface area contributed by atoms with Crippen LogP contribution in [0.15, 0.2) is 24.3 Å². The molecule has 0 atom stereocenters. The molecule has 0 radical (unpaired) electrons. The third-order valence-corrected chi connectivity index (χ3v) is 3.81. The lowest BCUT2D eigenvalue weighted by atomic mass is 10.3. The Morgan fingerprint density at radius 3 is 2.55 bits per heavy atom. The van der Waals surface area contributed by atoms with Crippen molar-refractivity contribution in [3.63, 3.8) is 0 Å². The molecule has 0 N–H and O–H groups in total. The van der Waals surface area contributed by atoms with Gasteiger partial charge in [0.25, 0.3) is 0 Å². The highest BCUT2D eigenvalue weighted by molar-refractivity contribution is 5.52. The van der Waals surface area contributed by atoms with Crippen LogP contribution >= 0.6 is 0 Å². The number of nitriles is 1. The molecule has 0 saturated carbocycles. The van der Waals surface area contributed by atoms with E-state index in [0.29, 0.717) is 17.3 Å². The number of benzene rings is 1. The monoisotopic (exact) mass is 298 g/mol. The Balaban J connectivity index is 1.97. The third kappa shape index (κ3) is 2.61. The summed E-state index contributed by atoms with van der Waals surface area (Å²) in [7, 11) is 3.70. The molecule has 1 aromatic heterocycles. The lowest BCUT2D eigenvalue weighted by Gasteiger charge is -2.32. The number of piperazine rings is 1. The van der Waals surface area contributed by atoms with Crippen molar-refractivity contribution < 1.29 is 4.74 Å². The summed E-state index contributed by atoms with van der Waals surface area (Å²) >= 11 is 0. The largest absolute Gasteiger partial charge is 0.494 e. The van der Waals surface area contributed by atoms with Crippen LogP contribution in [0.5, 0.6) is 5.75 Å². The summed E-state index contributed by atoms with van der Waals surface area (Å²) in [5.74, 6) is 1.31. The molecule has 3 rings (SSSR count). The van der Waals surface area contributed by atoms with Crippen molar-refractivity contribution in [2.45, 2.75) is 0 Å². The predicted molar refractivity (Wildman–Crippen MR) is 82.3 cm³/mol. The zero-order valence-corrected chi connectivity index (χ0v) is 12.7. The maximum Gasteiger partial charge on any atom is 0.207 e. The van der Waals surface area contributed by atoms with E-state index >= 15 is 0 Å². The molecule has 0 aliphatic carbocycles. The van der Waals surface area contributed by atoms with Gasteiger partial charge < -0.3 is 14.5 Å². The first-order valence-electron chi connectivity index (χ1n) is 7.17. The summed E-state index contributed by atoms with van der Waals surface area (Å²) in [4.78, 5) is 5.84. The molecule has 1 aliphatic rings. The highest BCUT2D eigenvalue weighted by Gasteiger charge is 2.22. The molecule has 22 heavy (non-hydrogen) atoms. The van der Waals surface area contributed by atoms with Crippen molar-refractivity contribution >= 4 is 5.82 Å². The average molecular weight is 298 g/mol. The van der Waals surface area contributed by atoms with Crippen molar-refractivity contribution in [1.29, 1.82) is 5.26 Å². The van der Waals surface area contributed by atoms with Crippen LogP contribution in [0.4, 0.5) is 5.82 Å². The molecule has 0 unspecified atom stereocenters. The molecule has 1 fully saturated rings. The Hall–Kier alpha value is -2.59. The van der Waals surface area contributed by atoms with Crippen LogP contribution in [0.2, 0.25) is 0 Å². The van der Waals surface area contributed by atoms with Gasteiger partial charge in [-0.1, -0.05) is 12.1 Å². The number of anilines is 1. The Morgan fingerprint density at radius 1 is 1.14 bits per heavy atom. The number of nitrogens with zero attached hydrogens (tertiary/aromatic N) is 6. The lowest BCUT2D eigenvalue weighted by molar-refractivity contribution is 0.312. The molecule has 1 aromatic carbocycles. The minimum atomic E-state index is 0.343. The first-order chi connectivity index (χ1) is 10.7. The Kier molecular flexibility index (Phi) is 3.94.